The van der Waals surface area contributed by atoms with E-state index in [0.717, 1.165) is 84.5 Å². The van der Waals surface area contributed by atoms with Gasteiger partial charge in [-0.3, -0.25) is 0 Å². The zero-order valence-corrected chi connectivity index (χ0v) is 30.4. The van der Waals surface area contributed by atoms with Gasteiger partial charge in [0.05, 0.1) is 28.1 Å². The molecule has 0 amide bonds. The number of furan rings is 2. The summed E-state index contributed by atoms with van der Waals surface area (Å²) in [4.78, 5) is 2.42. The summed E-state index contributed by atoms with van der Waals surface area (Å²) in [5.41, 5.74) is 12.7. The minimum Gasteiger partial charge on any atom is -0.454 e. The number of hydrogen-bond donors (Lipinski definition) is 0. The second-order valence-electron chi connectivity index (χ2n) is 14.7. The maximum Gasteiger partial charge on any atom is 0.159 e. The molecule has 3 aromatic heterocycles. The van der Waals surface area contributed by atoms with E-state index < -0.39 is 0 Å². The van der Waals surface area contributed by atoms with E-state index in [0.29, 0.717) is 0 Å². The van der Waals surface area contributed by atoms with Crippen molar-refractivity contribution >= 4 is 88.6 Å². The molecule has 0 bridgehead atoms. The van der Waals surface area contributed by atoms with Crippen molar-refractivity contribution in [2.45, 2.75) is 12.8 Å². The molecule has 0 saturated carbocycles. The second-order valence-corrected chi connectivity index (χ2v) is 14.7. The van der Waals surface area contributed by atoms with E-state index in [-0.39, 0.29) is 0 Å². The van der Waals surface area contributed by atoms with Gasteiger partial charge in [0.15, 0.2) is 11.0 Å². The highest BCUT2D eigenvalue weighted by Gasteiger charge is 2.26. The first-order chi connectivity index (χ1) is 27.8. The average Bonchev–Trinajstić information content (AvgIpc) is 3.94. The molecule has 0 atom stereocenters. The van der Waals surface area contributed by atoms with Crippen molar-refractivity contribution in [3.63, 3.8) is 0 Å². The van der Waals surface area contributed by atoms with Crippen LogP contribution in [0.25, 0.3) is 94.1 Å². The molecule has 0 fully saturated rings. The first kappa shape index (κ1) is 31.1. The van der Waals surface area contributed by atoms with Gasteiger partial charge >= 0.3 is 0 Å². The molecule has 1 aliphatic rings. The summed E-state index contributed by atoms with van der Waals surface area (Å²) >= 11 is 0. The number of nitrogens with zero attached hydrogens (tertiary/aromatic N) is 2. The molecule has 264 valence electrons. The Balaban J connectivity index is 1.13. The minimum atomic E-state index is 0.820. The lowest BCUT2D eigenvalue weighted by atomic mass is 9.95. The second kappa shape index (κ2) is 12.1. The maximum atomic E-state index is 6.77. The van der Waals surface area contributed by atoms with Gasteiger partial charge in [-0.25, -0.2) is 0 Å². The molecule has 0 N–H and O–H groups in total. The molecule has 0 radical (unpaired) electrons. The van der Waals surface area contributed by atoms with Crippen molar-refractivity contribution in [2.75, 3.05) is 4.90 Å². The zero-order valence-electron chi connectivity index (χ0n) is 30.4. The van der Waals surface area contributed by atoms with Crippen molar-refractivity contribution < 1.29 is 8.83 Å². The highest BCUT2D eigenvalue weighted by Crippen LogP contribution is 2.45. The third kappa shape index (κ3) is 4.53. The number of anilines is 2. The van der Waals surface area contributed by atoms with Gasteiger partial charge in [0.2, 0.25) is 0 Å². The highest BCUT2D eigenvalue weighted by molar-refractivity contribution is 6.15. The summed E-state index contributed by atoms with van der Waals surface area (Å²) in [7, 11) is 0. The van der Waals surface area contributed by atoms with Crippen LogP contribution < -0.4 is 15.5 Å². The van der Waals surface area contributed by atoms with Gasteiger partial charge < -0.3 is 18.3 Å². The molecule has 4 heteroatoms. The molecule has 56 heavy (non-hydrogen) atoms. The van der Waals surface area contributed by atoms with Gasteiger partial charge in [-0.2, -0.15) is 0 Å². The molecule has 0 spiro atoms. The average molecular weight is 719 g/mol. The van der Waals surface area contributed by atoms with E-state index in [1.807, 2.05) is 12.1 Å². The Morgan fingerprint density at radius 3 is 2.00 bits per heavy atom. The lowest BCUT2D eigenvalue weighted by molar-refractivity contribution is 0.566. The largest absolute Gasteiger partial charge is 0.454 e. The van der Waals surface area contributed by atoms with Crippen molar-refractivity contribution in [2.24, 2.45) is 0 Å². The molecule has 11 aromatic rings. The Kier molecular flexibility index (Phi) is 6.72. The van der Waals surface area contributed by atoms with E-state index in [1.54, 1.807) is 0 Å². The Hall–Kier alpha value is -7.30. The lowest BCUT2D eigenvalue weighted by Gasteiger charge is -2.29. The summed E-state index contributed by atoms with van der Waals surface area (Å²) in [5.74, 6) is 0. The molecular weight excluding hydrogens is 685 g/mol. The Bertz CT molecular complexity index is 3490. The first-order valence-corrected chi connectivity index (χ1v) is 19.3. The third-order valence-corrected chi connectivity index (χ3v) is 11.7. The van der Waals surface area contributed by atoms with Crippen LogP contribution in [0.4, 0.5) is 11.4 Å². The smallest absolute Gasteiger partial charge is 0.159 e. The fraction of sp³-hybridized carbons (Fsp3) is 0.0385. The van der Waals surface area contributed by atoms with E-state index in [9.17, 15) is 0 Å². The fourth-order valence-corrected chi connectivity index (χ4v) is 9.21. The van der Waals surface area contributed by atoms with E-state index in [2.05, 4.69) is 179 Å². The number of rotatable bonds is 5. The van der Waals surface area contributed by atoms with Crippen molar-refractivity contribution in [3.8, 4) is 16.8 Å². The monoisotopic (exact) mass is 718 g/mol. The van der Waals surface area contributed by atoms with Crippen LogP contribution in [0.2, 0.25) is 0 Å². The molecule has 4 nitrogen and oxygen atoms in total. The topological polar surface area (TPSA) is 34.5 Å². The predicted molar refractivity (Wildman–Crippen MR) is 232 cm³/mol. The van der Waals surface area contributed by atoms with Crippen LogP contribution in [0.3, 0.4) is 0 Å². The maximum absolute atomic E-state index is 6.77. The van der Waals surface area contributed by atoms with Crippen molar-refractivity contribution in [1.29, 1.82) is 0 Å². The summed E-state index contributed by atoms with van der Waals surface area (Å²) in [6, 6.07) is 63.0. The first-order valence-electron chi connectivity index (χ1n) is 19.3. The van der Waals surface area contributed by atoms with Gasteiger partial charge in [-0.05, 0) is 77.9 Å². The molecule has 1 aliphatic carbocycles. The van der Waals surface area contributed by atoms with E-state index >= 15 is 0 Å². The Morgan fingerprint density at radius 2 is 1.14 bits per heavy atom. The normalized spacial score (nSPS) is 13.0. The lowest BCUT2D eigenvalue weighted by Crippen LogP contribution is -2.33. The SMILES string of the molecule is C1=c2c(oc3ccccc23)=C(N(c2ccc(-c3ccc4c5ccccc5n(-c5ccccc5)c4c3)c3ccccc23)c2cccc3c2oc2ccccc23)CC1. The Morgan fingerprint density at radius 1 is 0.464 bits per heavy atom. The molecule has 8 aromatic carbocycles. The molecule has 0 saturated heterocycles. The molecule has 12 rings (SSSR count). The van der Waals surface area contributed by atoms with Crippen molar-refractivity contribution in [1.82, 2.24) is 4.57 Å². The Labute approximate surface area is 322 Å². The van der Waals surface area contributed by atoms with Gasteiger partial charge in [0.1, 0.15) is 11.2 Å². The minimum absolute atomic E-state index is 0.820. The van der Waals surface area contributed by atoms with Crippen LogP contribution in [0.5, 0.6) is 0 Å². The molecule has 0 unspecified atom stereocenters. The molecule has 3 heterocycles. The van der Waals surface area contributed by atoms with Gasteiger partial charge in [-0.15, -0.1) is 0 Å². The number of fused-ring (bicyclic) bond motifs is 10. The van der Waals surface area contributed by atoms with Crippen LogP contribution in [-0.2, 0) is 0 Å². The number of benzene rings is 8. The fourth-order valence-electron chi connectivity index (χ4n) is 9.21. The van der Waals surface area contributed by atoms with Gasteiger partial charge in [0, 0.05) is 43.2 Å². The van der Waals surface area contributed by atoms with Crippen LogP contribution in [-0.4, -0.2) is 4.57 Å². The number of hydrogen-bond acceptors (Lipinski definition) is 3. The quantitative estimate of drug-likeness (QED) is 0.178. The summed E-state index contributed by atoms with van der Waals surface area (Å²) in [5, 5.41) is 9.34. The molecular formula is C52H34N2O2. The van der Waals surface area contributed by atoms with Crippen LogP contribution in [0.1, 0.15) is 12.8 Å². The predicted octanol–water partition coefficient (Wildman–Crippen LogP) is 12.8. The van der Waals surface area contributed by atoms with E-state index in [1.165, 1.54) is 38.3 Å². The van der Waals surface area contributed by atoms with E-state index in [4.69, 9.17) is 8.83 Å². The van der Waals surface area contributed by atoms with Crippen LogP contribution in [0, 0.1) is 0 Å². The number of para-hydroxylation sites is 5. The van der Waals surface area contributed by atoms with Crippen molar-refractivity contribution in [3.05, 3.63) is 187 Å². The number of aromatic nitrogens is 1. The van der Waals surface area contributed by atoms with Gasteiger partial charge in [0.25, 0.3) is 0 Å². The molecule has 0 aliphatic heterocycles. The summed E-state index contributed by atoms with van der Waals surface area (Å²) in [6.45, 7) is 0. The van der Waals surface area contributed by atoms with Crippen LogP contribution >= 0.6 is 0 Å². The van der Waals surface area contributed by atoms with Crippen LogP contribution in [0.15, 0.2) is 185 Å². The zero-order chi connectivity index (χ0) is 36.7. The highest BCUT2D eigenvalue weighted by atomic mass is 16.3. The third-order valence-electron chi connectivity index (χ3n) is 11.7. The van der Waals surface area contributed by atoms with Gasteiger partial charge in [-0.1, -0.05) is 133 Å². The summed E-state index contributed by atoms with van der Waals surface area (Å²) in [6.07, 6.45) is 4.06. The summed E-state index contributed by atoms with van der Waals surface area (Å²) < 4.78 is 15.9. The standard InChI is InChI=1S/C52H34N2O2/c1-2-14-34(15-3-1)53-44-23-9-6-18-38(44)39-29-28-33(32-48(39)53)35-30-31-45(37-17-5-4-16-36(35)37)54(46-24-12-21-42-40-19-7-10-26-49(40)55-51(42)46)47-25-13-22-43-41-20-8-11-27-50(41)56-52(43)47/h1-12,14-24,26-32H,13,25H2.